The first-order valence-electron chi connectivity index (χ1n) is 7.03. The molecule has 1 aromatic rings. The lowest BCUT2D eigenvalue weighted by molar-refractivity contribution is 0.176. The van der Waals surface area contributed by atoms with Crippen molar-refractivity contribution in [3.8, 4) is 5.88 Å². The van der Waals surface area contributed by atoms with E-state index in [9.17, 15) is 0 Å². The summed E-state index contributed by atoms with van der Waals surface area (Å²) in [4.78, 5) is 8.72. The molecule has 0 aliphatic carbocycles. The number of aromatic nitrogens is 2. The van der Waals surface area contributed by atoms with Gasteiger partial charge in [-0.25, -0.2) is 4.98 Å². The molecular formula is C14H25N3O2. The summed E-state index contributed by atoms with van der Waals surface area (Å²) in [7, 11) is 1.64. The average molecular weight is 267 g/mol. The van der Waals surface area contributed by atoms with Crippen molar-refractivity contribution in [3.63, 3.8) is 0 Å². The molecule has 0 radical (unpaired) electrons. The van der Waals surface area contributed by atoms with Gasteiger partial charge in [0, 0.05) is 19.7 Å². The van der Waals surface area contributed by atoms with Crippen LogP contribution in [0.25, 0.3) is 0 Å². The van der Waals surface area contributed by atoms with Gasteiger partial charge in [0.25, 0.3) is 0 Å². The zero-order valence-electron chi connectivity index (χ0n) is 12.2. The highest BCUT2D eigenvalue weighted by molar-refractivity contribution is 5.38. The molecule has 0 aliphatic heterocycles. The molecule has 0 aromatic carbocycles. The van der Waals surface area contributed by atoms with Gasteiger partial charge < -0.3 is 14.8 Å². The summed E-state index contributed by atoms with van der Waals surface area (Å²) in [6, 6.07) is 1.85. The van der Waals surface area contributed by atoms with E-state index < -0.39 is 0 Å². The Labute approximate surface area is 115 Å². The van der Waals surface area contributed by atoms with Crippen molar-refractivity contribution in [1.29, 1.82) is 0 Å². The van der Waals surface area contributed by atoms with Gasteiger partial charge in [-0.05, 0) is 12.8 Å². The van der Waals surface area contributed by atoms with E-state index in [0.29, 0.717) is 24.9 Å². The first kappa shape index (κ1) is 15.7. The summed E-state index contributed by atoms with van der Waals surface area (Å²) < 4.78 is 10.7. The predicted octanol–water partition coefficient (Wildman–Crippen LogP) is 3.01. The summed E-state index contributed by atoms with van der Waals surface area (Å²) >= 11 is 0. The molecule has 0 aliphatic rings. The van der Waals surface area contributed by atoms with Crippen molar-refractivity contribution in [2.45, 2.75) is 46.1 Å². The van der Waals surface area contributed by atoms with E-state index in [1.807, 2.05) is 6.07 Å². The molecule has 5 nitrogen and oxygen atoms in total. The molecule has 108 valence electrons. The number of rotatable bonds is 10. The molecule has 1 heterocycles. The van der Waals surface area contributed by atoms with E-state index >= 15 is 0 Å². The fourth-order valence-electron chi connectivity index (χ4n) is 1.55. The monoisotopic (exact) mass is 267 g/mol. The second kappa shape index (κ2) is 9.55. The maximum atomic E-state index is 5.63. The Morgan fingerprint density at radius 2 is 1.95 bits per heavy atom. The van der Waals surface area contributed by atoms with Crippen LogP contribution in [0.15, 0.2) is 6.07 Å². The third-order valence-corrected chi connectivity index (χ3v) is 2.61. The topological polar surface area (TPSA) is 56.3 Å². The molecule has 0 fully saturated rings. The van der Waals surface area contributed by atoms with Gasteiger partial charge in [-0.2, -0.15) is 4.98 Å². The maximum absolute atomic E-state index is 5.63. The van der Waals surface area contributed by atoms with Gasteiger partial charge in [0.05, 0.1) is 6.61 Å². The van der Waals surface area contributed by atoms with Gasteiger partial charge in [-0.15, -0.1) is 0 Å². The number of hydrogen-bond acceptors (Lipinski definition) is 5. The van der Waals surface area contributed by atoms with Crippen LogP contribution in [0.2, 0.25) is 0 Å². The minimum atomic E-state index is 0.396. The molecule has 19 heavy (non-hydrogen) atoms. The van der Waals surface area contributed by atoms with E-state index in [1.165, 1.54) is 0 Å². The first-order chi connectivity index (χ1) is 9.30. The van der Waals surface area contributed by atoms with Crippen molar-refractivity contribution < 1.29 is 9.47 Å². The fourth-order valence-corrected chi connectivity index (χ4v) is 1.55. The fraction of sp³-hybridized carbons (Fsp3) is 0.714. The smallest absolute Gasteiger partial charge is 0.218 e. The SMILES string of the molecule is CCCCNc1cc(OCCCC)nc(COC)n1. The van der Waals surface area contributed by atoms with Crippen LogP contribution < -0.4 is 10.1 Å². The highest BCUT2D eigenvalue weighted by Gasteiger charge is 2.05. The molecule has 0 amide bonds. The lowest BCUT2D eigenvalue weighted by Crippen LogP contribution is -2.08. The Hall–Kier alpha value is -1.36. The van der Waals surface area contributed by atoms with Crippen LogP contribution in [0.5, 0.6) is 5.88 Å². The molecule has 0 spiro atoms. The number of ether oxygens (including phenoxy) is 2. The van der Waals surface area contributed by atoms with Crippen LogP contribution in [0.3, 0.4) is 0 Å². The number of hydrogen-bond donors (Lipinski definition) is 1. The van der Waals surface area contributed by atoms with Crippen LogP contribution in [-0.2, 0) is 11.3 Å². The molecule has 0 saturated heterocycles. The Morgan fingerprint density at radius 1 is 1.16 bits per heavy atom. The first-order valence-corrected chi connectivity index (χ1v) is 7.03. The Balaban J connectivity index is 2.66. The van der Waals surface area contributed by atoms with Crippen LogP contribution in [-0.4, -0.2) is 30.2 Å². The highest BCUT2D eigenvalue weighted by atomic mass is 16.5. The van der Waals surface area contributed by atoms with E-state index in [4.69, 9.17) is 9.47 Å². The van der Waals surface area contributed by atoms with Gasteiger partial charge in [0.1, 0.15) is 12.4 Å². The number of nitrogens with one attached hydrogen (secondary N) is 1. The zero-order chi connectivity index (χ0) is 13.9. The Kier molecular flexibility index (Phi) is 7.89. The van der Waals surface area contributed by atoms with Gasteiger partial charge in [0.2, 0.25) is 5.88 Å². The number of methoxy groups -OCH3 is 1. The molecule has 0 saturated carbocycles. The molecular weight excluding hydrogens is 242 g/mol. The van der Waals surface area contributed by atoms with Crippen molar-refractivity contribution in [1.82, 2.24) is 9.97 Å². The number of unbranched alkanes of at least 4 members (excludes halogenated alkanes) is 2. The molecule has 0 unspecified atom stereocenters. The van der Waals surface area contributed by atoms with E-state index in [1.54, 1.807) is 7.11 Å². The highest BCUT2D eigenvalue weighted by Crippen LogP contribution is 2.14. The van der Waals surface area contributed by atoms with Crippen LogP contribution >= 0.6 is 0 Å². The number of anilines is 1. The molecule has 1 aromatic heterocycles. The van der Waals surface area contributed by atoms with Gasteiger partial charge in [0.15, 0.2) is 5.82 Å². The average Bonchev–Trinajstić information content (AvgIpc) is 2.40. The minimum absolute atomic E-state index is 0.396. The van der Waals surface area contributed by atoms with E-state index in [2.05, 4.69) is 29.1 Å². The molecule has 1 rings (SSSR count). The predicted molar refractivity (Wildman–Crippen MR) is 76.5 cm³/mol. The second-order valence-electron chi connectivity index (χ2n) is 4.42. The summed E-state index contributed by atoms with van der Waals surface area (Å²) in [6.45, 7) is 6.30. The summed E-state index contributed by atoms with van der Waals surface area (Å²) in [5.41, 5.74) is 0. The minimum Gasteiger partial charge on any atom is -0.478 e. The molecule has 0 atom stereocenters. The van der Waals surface area contributed by atoms with Gasteiger partial charge in [-0.1, -0.05) is 26.7 Å². The van der Waals surface area contributed by atoms with Gasteiger partial charge in [-0.3, -0.25) is 0 Å². The van der Waals surface area contributed by atoms with Crippen LogP contribution in [0.4, 0.5) is 5.82 Å². The number of nitrogens with zero attached hydrogens (tertiary/aromatic N) is 2. The normalized spacial score (nSPS) is 10.5. The lowest BCUT2D eigenvalue weighted by atomic mass is 10.3. The van der Waals surface area contributed by atoms with Crippen molar-refractivity contribution in [3.05, 3.63) is 11.9 Å². The Morgan fingerprint density at radius 3 is 2.63 bits per heavy atom. The van der Waals surface area contributed by atoms with Gasteiger partial charge >= 0.3 is 0 Å². The molecule has 1 N–H and O–H groups in total. The third kappa shape index (κ3) is 6.38. The quantitative estimate of drug-likeness (QED) is 0.660. The summed E-state index contributed by atoms with van der Waals surface area (Å²) in [6.07, 6.45) is 4.42. The molecule has 5 heteroatoms. The van der Waals surface area contributed by atoms with Crippen molar-refractivity contribution in [2.24, 2.45) is 0 Å². The van der Waals surface area contributed by atoms with Crippen molar-refractivity contribution >= 4 is 5.82 Å². The van der Waals surface area contributed by atoms with Crippen molar-refractivity contribution in [2.75, 3.05) is 25.6 Å². The zero-order valence-corrected chi connectivity index (χ0v) is 12.2. The largest absolute Gasteiger partial charge is 0.478 e. The lowest BCUT2D eigenvalue weighted by Gasteiger charge is -2.10. The summed E-state index contributed by atoms with van der Waals surface area (Å²) in [5.74, 6) is 2.08. The van der Waals surface area contributed by atoms with Crippen LogP contribution in [0, 0.1) is 0 Å². The third-order valence-electron chi connectivity index (χ3n) is 2.61. The Bertz CT molecular complexity index is 330. The van der Waals surface area contributed by atoms with E-state index in [-0.39, 0.29) is 0 Å². The molecule has 0 bridgehead atoms. The standard InChI is InChI=1S/C14H25N3O2/c1-4-6-8-15-12-10-14(19-9-7-5-2)17-13(16-12)11-18-3/h10H,4-9,11H2,1-3H3,(H,15,16,17). The second-order valence-corrected chi connectivity index (χ2v) is 4.42. The maximum Gasteiger partial charge on any atom is 0.218 e. The van der Waals surface area contributed by atoms with Crippen LogP contribution in [0.1, 0.15) is 45.4 Å². The van der Waals surface area contributed by atoms with E-state index in [0.717, 1.165) is 38.0 Å². The summed E-state index contributed by atoms with van der Waals surface area (Å²) in [5, 5.41) is 3.29.